The van der Waals surface area contributed by atoms with Crippen molar-refractivity contribution in [3.8, 4) is 0 Å². The van der Waals surface area contributed by atoms with Gasteiger partial charge in [0.25, 0.3) is 0 Å². The second-order valence-electron chi connectivity index (χ2n) is 7.93. The number of allylic oxidation sites excluding steroid dienone is 1. The van der Waals surface area contributed by atoms with Crippen LogP contribution in [0.4, 0.5) is 0 Å². The van der Waals surface area contributed by atoms with Gasteiger partial charge in [0.1, 0.15) is 6.61 Å². The average Bonchev–Trinajstić information content (AvgIpc) is 2.78. The monoisotopic (exact) mass is 338 g/mol. The predicted molar refractivity (Wildman–Crippen MR) is 97.0 cm³/mol. The summed E-state index contributed by atoms with van der Waals surface area (Å²) >= 11 is 0. The van der Waals surface area contributed by atoms with Crippen molar-refractivity contribution in [2.75, 3.05) is 33.9 Å². The van der Waals surface area contributed by atoms with E-state index >= 15 is 0 Å². The van der Waals surface area contributed by atoms with Crippen LogP contribution in [0.25, 0.3) is 0 Å². The molecule has 0 spiro atoms. The fourth-order valence-electron chi connectivity index (χ4n) is 4.28. The smallest absolute Gasteiger partial charge is 0.129 e. The van der Waals surface area contributed by atoms with Crippen molar-refractivity contribution in [2.24, 2.45) is 22.4 Å². The molecule has 5 nitrogen and oxygen atoms in total. The van der Waals surface area contributed by atoms with E-state index in [9.17, 15) is 5.11 Å². The van der Waals surface area contributed by atoms with Crippen LogP contribution >= 0.6 is 0 Å². The minimum absolute atomic E-state index is 0.108. The van der Waals surface area contributed by atoms with E-state index in [-0.39, 0.29) is 17.9 Å². The molecule has 0 saturated heterocycles. The Morgan fingerprint density at radius 1 is 1.29 bits per heavy atom. The third kappa shape index (κ3) is 4.38. The molecule has 0 heterocycles. The molecule has 2 aliphatic rings. The van der Waals surface area contributed by atoms with Gasteiger partial charge in [-0.1, -0.05) is 24.2 Å². The molecule has 0 aliphatic heterocycles. The van der Waals surface area contributed by atoms with Crippen molar-refractivity contribution in [3.63, 3.8) is 0 Å². The predicted octanol–water partition coefficient (Wildman–Crippen LogP) is 2.44. The summed E-state index contributed by atoms with van der Waals surface area (Å²) in [6.07, 6.45) is 11.6. The minimum atomic E-state index is -0.611. The highest BCUT2D eigenvalue weighted by Gasteiger charge is 2.58. The summed E-state index contributed by atoms with van der Waals surface area (Å²) in [5.41, 5.74) is -0.720. The lowest BCUT2D eigenvalue weighted by Crippen LogP contribution is -2.49. The van der Waals surface area contributed by atoms with Crippen LogP contribution in [0.15, 0.2) is 17.3 Å². The summed E-state index contributed by atoms with van der Waals surface area (Å²) in [5.74, 6) is 0.700. The van der Waals surface area contributed by atoms with Crippen molar-refractivity contribution in [1.29, 1.82) is 0 Å². The molecule has 0 amide bonds. The molecule has 0 aromatic carbocycles. The van der Waals surface area contributed by atoms with Crippen LogP contribution in [0.2, 0.25) is 0 Å². The first-order valence-electron chi connectivity index (χ1n) is 9.21. The van der Waals surface area contributed by atoms with E-state index in [0.717, 1.165) is 38.6 Å². The van der Waals surface area contributed by atoms with Gasteiger partial charge in [-0.05, 0) is 58.5 Å². The van der Waals surface area contributed by atoms with Gasteiger partial charge in [-0.25, -0.2) is 0 Å². The zero-order chi connectivity index (χ0) is 17.6. The van der Waals surface area contributed by atoms with Crippen molar-refractivity contribution in [2.45, 2.75) is 51.0 Å². The number of nitrogens with zero attached hydrogens (tertiary/aromatic N) is 2. The maximum absolute atomic E-state index is 11.3. The topological polar surface area (TPSA) is 65.3 Å². The third-order valence-corrected chi connectivity index (χ3v) is 6.03. The Labute approximate surface area is 146 Å². The van der Waals surface area contributed by atoms with Gasteiger partial charge < -0.3 is 20.0 Å². The zero-order valence-corrected chi connectivity index (χ0v) is 15.4. The molecular formula is C19H34N2O3. The molecule has 24 heavy (non-hydrogen) atoms. The number of aliphatic hydroxyl groups is 2. The molecule has 2 rings (SSSR count). The average molecular weight is 338 g/mol. The fourth-order valence-corrected chi connectivity index (χ4v) is 4.28. The largest absolute Gasteiger partial charge is 0.396 e. The summed E-state index contributed by atoms with van der Waals surface area (Å²) in [4.78, 5) is 7.43. The molecule has 5 heteroatoms. The first-order chi connectivity index (χ1) is 11.4. The Hall–Kier alpha value is -0.910. The standard InChI is InChI=1S/C19H34N2O3/c1-18-9-7-16(6-4-5-12-22)14-19(18,23)10-8-17(18)15-20-24-13-11-21(2)3/h4,6,15-17,22-23H,5,7-14H2,1-3H3/b6-4+,20-15+/t16-,17+,18+,19-/m0/s1. The lowest BCUT2D eigenvalue weighted by Gasteiger charge is -2.48. The second-order valence-corrected chi connectivity index (χ2v) is 7.93. The first kappa shape index (κ1) is 19.4. The molecule has 0 aromatic heterocycles. The maximum atomic E-state index is 11.3. The molecule has 0 unspecified atom stereocenters. The normalized spacial score (nSPS) is 36.8. The molecule has 2 N–H and O–H groups in total. The number of fused-ring (bicyclic) bond motifs is 1. The van der Waals surface area contributed by atoms with Gasteiger partial charge in [0.15, 0.2) is 0 Å². The van der Waals surface area contributed by atoms with E-state index in [4.69, 9.17) is 9.94 Å². The summed E-state index contributed by atoms with van der Waals surface area (Å²) < 4.78 is 0. The molecule has 2 aliphatic carbocycles. The van der Waals surface area contributed by atoms with E-state index < -0.39 is 5.60 Å². The minimum Gasteiger partial charge on any atom is -0.396 e. The fraction of sp³-hybridized carbons (Fsp3) is 0.842. The van der Waals surface area contributed by atoms with Gasteiger partial charge in [0.2, 0.25) is 0 Å². The lowest BCUT2D eigenvalue weighted by atomic mass is 9.60. The Kier molecular flexibility index (Phi) is 6.84. The molecule has 138 valence electrons. The van der Waals surface area contributed by atoms with Crippen LogP contribution in [0.1, 0.15) is 45.4 Å². The summed E-state index contributed by atoms with van der Waals surface area (Å²) in [6, 6.07) is 0. The van der Waals surface area contributed by atoms with Gasteiger partial charge in [-0.3, -0.25) is 0 Å². The molecular weight excluding hydrogens is 304 g/mol. The summed E-state index contributed by atoms with van der Waals surface area (Å²) in [6.45, 7) is 3.85. The van der Waals surface area contributed by atoms with Gasteiger partial charge in [0.05, 0.1) is 5.60 Å². The van der Waals surface area contributed by atoms with E-state index in [2.05, 4.69) is 23.1 Å². The maximum Gasteiger partial charge on any atom is 0.129 e. The number of oxime groups is 1. The SMILES string of the molecule is CN(C)CCO/N=C/[C@H]1CC[C@]2(O)C[C@@H](/C=C/CCO)CC[C@]12C. The Morgan fingerprint density at radius 2 is 2.08 bits per heavy atom. The van der Waals surface area contributed by atoms with Gasteiger partial charge in [-0.2, -0.15) is 0 Å². The lowest BCUT2D eigenvalue weighted by molar-refractivity contribution is -0.1000. The van der Waals surface area contributed by atoms with E-state index in [0.29, 0.717) is 18.9 Å². The van der Waals surface area contributed by atoms with Crippen LogP contribution in [0, 0.1) is 17.3 Å². The molecule has 0 aromatic rings. The number of hydrogen-bond acceptors (Lipinski definition) is 5. The Bertz CT molecular complexity index is 452. The molecule has 2 fully saturated rings. The van der Waals surface area contributed by atoms with E-state index in [1.807, 2.05) is 26.4 Å². The van der Waals surface area contributed by atoms with Gasteiger partial charge >= 0.3 is 0 Å². The zero-order valence-electron chi connectivity index (χ0n) is 15.4. The van der Waals surface area contributed by atoms with Crippen molar-refractivity contribution >= 4 is 6.21 Å². The number of hydrogen-bond donors (Lipinski definition) is 2. The molecule has 2 saturated carbocycles. The van der Waals surface area contributed by atoms with Crippen LogP contribution in [0.5, 0.6) is 0 Å². The number of likely N-dealkylation sites (N-methyl/N-ethyl adjacent to an activating group) is 1. The quantitative estimate of drug-likeness (QED) is 0.309. The van der Waals surface area contributed by atoms with Crippen LogP contribution in [0.3, 0.4) is 0 Å². The second kappa shape index (κ2) is 8.45. The number of aliphatic hydroxyl groups excluding tert-OH is 1. The highest BCUT2D eigenvalue weighted by molar-refractivity contribution is 5.62. The van der Waals surface area contributed by atoms with E-state index in [1.165, 1.54) is 0 Å². The Balaban J connectivity index is 1.92. The van der Waals surface area contributed by atoms with Gasteiger partial charge in [0, 0.05) is 30.7 Å². The van der Waals surface area contributed by atoms with Crippen LogP contribution < -0.4 is 0 Å². The van der Waals surface area contributed by atoms with E-state index in [1.54, 1.807) is 0 Å². The van der Waals surface area contributed by atoms with Crippen molar-refractivity contribution in [3.05, 3.63) is 12.2 Å². The molecule has 4 atom stereocenters. The van der Waals surface area contributed by atoms with Crippen molar-refractivity contribution < 1.29 is 15.1 Å². The molecule has 0 radical (unpaired) electrons. The van der Waals surface area contributed by atoms with Crippen LogP contribution in [-0.4, -0.2) is 60.8 Å². The first-order valence-corrected chi connectivity index (χ1v) is 9.21. The van der Waals surface area contributed by atoms with Crippen LogP contribution in [-0.2, 0) is 4.84 Å². The third-order valence-electron chi connectivity index (χ3n) is 6.03. The molecule has 0 bridgehead atoms. The van der Waals surface area contributed by atoms with Gasteiger partial charge in [-0.15, -0.1) is 0 Å². The Morgan fingerprint density at radius 3 is 2.79 bits per heavy atom. The summed E-state index contributed by atoms with van der Waals surface area (Å²) in [7, 11) is 4.03. The highest BCUT2D eigenvalue weighted by atomic mass is 16.6. The highest BCUT2D eigenvalue weighted by Crippen LogP contribution is 2.58. The number of rotatable bonds is 8. The summed E-state index contributed by atoms with van der Waals surface area (Å²) in [5, 5.41) is 24.3. The van der Waals surface area contributed by atoms with Crippen molar-refractivity contribution in [1.82, 2.24) is 4.90 Å².